The lowest BCUT2D eigenvalue weighted by molar-refractivity contribution is -0.895. The molecule has 0 aliphatic carbocycles. The highest BCUT2D eigenvalue weighted by Crippen LogP contribution is 2.38. The number of rotatable bonds is 1. The Kier molecular flexibility index (Phi) is 3.36. The molecule has 2 atom stereocenters. The fourth-order valence-electron chi connectivity index (χ4n) is 3.15. The van der Waals surface area contributed by atoms with E-state index in [1.165, 1.54) is 15.3 Å². The number of likely N-dealkylation sites (N-methyl/N-ethyl adjacent to an activating group) is 1. The molecule has 114 valence electrons. The Morgan fingerprint density at radius 3 is 2.82 bits per heavy atom. The molecule has 4 rings (SSSR count). The van der Waals surface area contributed by atoms with Crippen LogP contribution in [0.3, 0.4) is 0 Å². The molecule has 6 heteroatoms. The zero-order valence-electron chi connectivity index (χ0n) is 12.2. The van der Waals surface area contributed by atoms with Gasteiger partial charge >= 0.3 is 0 Å². The number of fused-ring (bicyclic) bond motifs is 3. The number of carbonyl (C=O) groups is 1. The van der Waals surface area contributed by atoms with Gasteiger partial charge in [0.25, 0.3) is 5.91 Å². The summed E-state index contributed by atoms with van der Waals surface area (Å²) in [4.78, 5) is 15.4. The molecule has 3 heterocycles. The zero-order chi connectivity index (χ0) is 15.3. The fourth-order valence-corrected chi connectivity index (χ4v) is 4.67. The van der Waals surface area contributed by atoms with Crippen molar-refractivity contribution in [2.75, 3.05) is 18.9 Å². The van der Waals surface area contributed by atoms with Crippen LogP contribution in [0.4, 0.5) is 5.00 Å². The first-order chi connectivity index (χ1) is 10.6. The summed E-state index contributed by atoms with van der Waals surface area (Å²) in [5, 5.41) is 8.23. The highest BCUT2D eigenvalue weighted by Gasteiger charge is 2.33. The van der Waals surface area contributed by atoms with Gasteiger partial charge in [-0.25, -0.2) is 0 Å². The number of nitrogens with one attached hydrogen (secondary N) is 3. The Bertz CT molecular complexity index is 741. The standard InChI is InChI=1S/C16H16ClN3OS/c1-20-7-6-11-12(8-20)22-16-13(11)15(21)18-14(19-16)9-2-4-10(17)5-3-9/h2-5,14,19H,6-8H2,1H3,(H,18,21)/p+1/t14-/m0/s1. The van der Waals surface area contributed by atoms with Gasteiger partial charge in [0.1, 0.15) is 17.7 Å². The molecule has 22 heavy (non-hydrogen) atoms. The molecule has 0 spiro atoms. The number of carbonyl (C=O) groups excluding carboxylic acids is 1. The first-order valence-electron chi connectivity index (χ1n) is 7.40. The first-order valence-corrected chi connectivity index (χ1v) is 8.60. The van der Waals surface area contributed by atoms with E-state index < -0.39 is 0 Å². The first kappa shape index (κ1) is 14.1. The van der Waals surface area contributed by atoms with Crippen LogP contribution < -0.4 is 15.5 Å². The normalized spacial score (nSPS) is 23.3. The van der Waals surface area contributed by atoms with E-state index in [0.29, 0.717) is 5.02 Å². The molecule has 1 aromatic heterocycles. The van der Waals surface area contributed by atoms with Crippen molar-refractivity contribution in [1.82, 2.24) is 5.32 Å². The molecule has 2 aliphatic heterocycles. The third-order valence-electron chi connectivity index (χ3n) is 4.34. The molecule has 0 saturated heterocycles. The summed E-state index contributed by atoms with van der Waals surface area (Å²) in [6, 6.07) is 7.57. The average Bonchev–Trinajstić information content (AvgIpc) is 2.85. The topological polar surface area (TPSA) is 45.6 Å². The van der Waals surface area contributed by atoms with Crippen LogP contribution in [0, 0.1) is 0 Å². The smallest absolute Gasteiger partial charge is 0.256 e. The molecule has 3 N–H and O–H groups in total. The monoisotopic (exact) mass is 334 g/mol. The molecule has 1 aromatic carbocycles. The maximum absolute atomic E-state index is 12.6. The van der Waals surface area contributed by atoms with Gasteiger partial charge in [-0.05, 0) is 23.3 Å². The quantitative estimate of drug-likeness (QED) is 0.745. The zero-order valence-corrected chi connectivity index (χ0v) is 13.8. The average molecular weight is 335 g/mol. The lowest BCUT2D eigenvalue weighted by Crippen LogP contribution is -3.08. The SMILES string of the molecule is C[NH+]1CCc2c(sc3c2C(=O)N[C@H](c2ccc(Cl)cc2)N3)C1. The summed E-state index contributed by atoms with van der Waals surface area (Å²) >= 11 is 7.66. The molecule has 0 radical (unpaired) electrons. The van der Waals surface area contributed by atoms with E-state index in [-0.39, 0.29) is 12.1 Å². The third kappa shape index (κ3) is 2.29. The van der Waals surface area contributed by atoms with Crippen molar-refractivity contribution >= 4 is 33.8 Å². The number of anilines is 1. The van der Waals surface area contributed by atoms with Crippen LogP contribution in [0.25, 0.3) is 0 Å². The second kappa shape index (κ2) is 5.26. The van der Waals surface area contributed by atoms with Gasteiger partial charge in [0.15, 0.2) is 0 Å². The maximum atomic E-state index is 12.6. The number of benzene rings is 1. The number of quaternary nitrogens is 1. The van der Waals surface area contributed by atoms with Crippen molar-refractivity contribution < 1.29 is 9.69 Å². The van der Waals surface area contributed by atoms with Gasteiger partial charge in [-0.1, -0.05) is 23.7 Å². The van der Waals surface area contributed by atoms with Crippen LogP contribution in [0.1, 0.15) is 32.5 Å². The Labute approximate surface area is 138 Å². The van der Waals surface area contributed by atoms with Crippen LogP contribution in [0.15, 0.2) is 24.3 Å². The van der Waals surface area contributed by atoms with Gasteiger partial charge < -0.3 is 15.5 Å². The summed E-state index contributed by atoms with van der Waals surface area (Å²) in [7, 11) is 2.20. The minimum atomic E-state index is -0.192. The van der Waals surface area contributed by atoms with Crippen LogP contribution >= 0.6 is 22.9 Å². The molecule has 1 amide bonds. The van der Waals surface area contributed by atoms with Crippen molar-refractivity contribution in [2.45, 2.75) is 19.1 Å². The number of halogens is 1. The van der Waals surface area contributed by atoms with E-state index in [2.05, 4.69) is 17.7 Å². The Morgan fingerprint density at radius 2 is 2.05 bits per heavy atom. The van der Waals surface area contributed by atoms with Gasteiger partial charge in [-0.15, -0.1) is 11.3 Å². The summed E-state index contributed by atoms with van der Waals surface area (Å²) in [5.74, 6) is 0.0331. The van der Waals surface area contributed by atoms with Gasteiger partial charge in [0.2, 0.25) is 0 Å². The van der Waals surface area contributed by atoms with Gasteiger partial charge in [0, 0.05) is 11.4 Å². The largest absolute Gasteiger partial charge is 0.353 e. The second-order valence-electron chi connectivity index (χ2n) is 5.94. The summed E-state index contributed by atoms with van der Waals surface area (Å²) in [6.45, 7) is 2.09. The Hall–Kier alpha value is -1.56. The molecular weight excluding hydrogens is 318 g/mol. The van der Waals surface area contributed by atoms with E-state index in [9.17, 15) is 4.79 Å². The van der Waals surface area contributed by atoms with Crippen LogP contribution in [0.2, 0.25) is 5.02 Å². The Morgan fingerprint density at radius 1 is 1.27 bits per heavy atom. The van der Waals surface area contributed by atoms with Crippen LogP contribution in [-0.4, -0.2) is 19.5 Å². The molecule has 1 unspecified atom stereocenters. The Balaban J connectivity index is 1.69. The molecule has 0 fully saturated rings. The number of hydrogen-bond donors (Lipinski definition) is 3. The van der Waals surface area contributed by atoms with E-state index in [1.54, 1.807) is 11.3 Å². The highest BCUT2D eigenvalue weighted by atomic mass is 35.5. The molecular formula is C16H17ClN3OS+. The number of thiophene rings is 1. The van der Waals surface area contributed by atoms with Crippen LogP contribution in [-0.2, 0) is 13.0 Å². The number of amides is 1. The van der Waals surface area contributed by atoms with E-state index in [4.69, 9.17) is 11.6 Å². The van der Waals surface area contributed by atoms with Gasteiger partial charge in [0.05, 0.1) is 24.0 Å². The molecule has 4 nitrogen and oxygen atoms in total. The molecule has 0 saturated carbocycles. The van der Waals surface area contributed by atoms with E-state index >= 15 is 0 Å². The predicted molar refractivity (Wildman–Crippen MR) is 88.8 cm³/mol. The van der Waals surface area contributed by atoms with Crippen LogP contribution in [0.5, 0.6) is 0 Å². The second-order valence-corrected chi connectivity index (χ2v) is 7.49. The van der Waals surface area contributed by atoms with Crippen molar-refractivity contribution in [3.8, 4) is 0 Å². The van der Waals surface area contributed by atoms with E-state index in [1.807, 2.05) is 24.3 Å². The minimum Gasteiger partial charge on any atom is -0.353 e. The number of hydrogen-bond acceptors (Lipinski definition) is 3. The lowest BCUT2D eigenvalue weighted by Gasteiger charge is -2.27. The maximum Gasteiger partial charge on any atom is 0.256 e. The fraction of sp³-hybridized carbons (Fsp3) is 0.312. The molecule has 2 aromatic rings. The van der Waals surface area contributed by atoms with Gasteiger partial charge in [-0.3, -0.25) is 4.79 Å². The van der Waals surface area contributed by atoms with E-state index in [0.717, 1.165) is 35.6 Å². The minimum absolute atomic E-state index is 0.0331. The summed E-state index contributed by atoms with van der Waals surface area (Å²) < 4.78 is 0. The summed E-state index contributed by atoms with van der Waals surface area (Å²) in [6.07, 6.45) is 0.788. The molecule has 0 bridgehead atoms. The highest BCUT2D eigenvalue weighted by molar-refractivity contribution is 7.16. The third-order valence-corrected chi connectivity index (χ3v) is 5.75. The van der Waals surface area contributed by atoms with Crippen molar-refractivity contribution in [3.63, 3.8) is 0 Å². The van der Waals surface area contributed by atoms with Gasteiger partial charge in [-0.2, -0.15) is 0 Å². The summed E-state index contributed by atoms with van der Waals surface area (Å²) in [5.41, 5.74) is 3.11. The lowest BCUT2D eigenvalue weighted by atomic mass is 10.0. The van der Waals surface area contributed by atoms with Crippen molar-refractivity contribution in [1.29, 1.82) is 0 Å². The van der Waals surface area contributed by atoms with Crippen molar-refractivity contribution in [3.05, 3.63) is 50.9 Å². The van der Waals surface area contributed by atoms with Crippen molar-refractivity contribution in [2.24, 2.45) is 0 Å². The molecule has 2 aliphatic rings. The predicted octanol–water partition coefficient (Wildman–Crippen LogP) is 1.83.